The van der Waals surface area contributed by atoms with Gasteiger partial charge in [0.25, 0.3) is 5.56 Å². The number of carboxylic acids is 1. The number of carbonyl (C=O) groups is 1. The molecule has 4 aromatic heterocycles. The summed E-state index contributed by atoms with van der Waals surface area (Å²) in [5, 5.41) is 11.8. The molecule has 0 unspecified atom stereocenters. The Morgan fingerprint density at radius 1 is 1.08 bits per heavy atom. The molecule has 5 aromatic rings. The highest BCUT2D eigenvalue weighted by molar-refractivity contribution is 7.18. The van der Waals surface area contributed by atoms with Crippen LogP contribution in [0.15, 0.2) is 46.8 Å². The molecule has 1 aliphatic carbocycles. The molecule has 5 heterocycles. The Labute approximate surface area is 299 Å². The van der Waals surface area contributed by atoms with Crippen LogP contribution in [0.4, 0.5) is 13.2 Å². The van der Waals surface area contributed by atoms with Crippen molar-refractivity contribution < 1.29 is 27.8 Å². The number of piperidine rings is 1. The van der Waals surface area contributed by atoms with Crippen molar-refractivity contribution >= 4 is 39.1 Å². The Morgan fingerprint density at radius 2 is 1.82 bits per heavy atom. The first-order valence-electron chi connectivity index (χ1n) is 16.6. The van der Waals surface area contributed by atoms with E-state index in [4.69, 9.17) is 21.3 Å². The third-order valence-electron chi connectivity index (χ3n) is 9.82. The van der Waals surface area contributed by atoms with Gasteiger partial charge in [0, 0.05) is 51.2 Å². The molecule has 1 saturated heterocycles. The zero-order valence-electron chi connectivity index (χ0n) is 27.8. The average Bonchev–Trinajstić information content (AvgIpc) is 3.54. The highest BCUT2D eigenvalue weighted by Gasteiger charge is 2.35. The topological polar surface area (TPSA) is 123 Å². The molecule has 0 spiro atoms. The molecule has 1 aromatic carbocycles. The minimum absolute atomic E-state index is 0.0785. The van der Waals surface area contributed by atoms with Crippen molar-refractivity contribution in [3.8, 4) is 16.9 Å². The number of halogens is 4. The summed E-state index contributed by atoms with van der Waals surface area (Å²) >= 11 is 7.71. The van der Waals surface area contributed by atoms with E-state index < -0.39 is 18.0 Å². The zero-order chi connectivity index (χ0) is 36.0. The lowest BCUT2D eigenvalue weighted by atomic mass is 9.86. The molecule has 266 valence electrons. The lowest BCUT2D eigenvalue weighted by molar-refractivity contribution is -0.145. The van der Waals surface area contributed by atoms with Crippen molar-refractivity contribution in [1.82, 2.24) is 29.4 Å². The van der Waals surface area contributed by atoms with Gasteiger partial charge in [0.1, 0.15) is 18.2 Å². The maximum Gasteiger partial charge on any atom is 0.451 e. The van der Waals surface area contributed by atoms with Crippen molar-refractivity contribution in [3.05, 3.63) is 97.1 Å². The number of aromatic nitrogens is 5. The number of benzene rings is 1. The van der Waals surface area contributed by atoms with Gasteiger partial charge in [0.2, 0.25) is 5.82 Å². The molecular formula is C36H34ClF3N6O4S. The number of rotatable bonds is 8. The number of aryl methyl sites for hydroxylation is 3. The van der Waals surface area contributed by atoms with Gasteiger partial charge < -0.3 is 9.84 Å². The van der Waals surface area contributed by atoms with Gasteiger partial charge in [-0.3, -0.25) is 19.2 Å². The number of hydrogen-bond donors (Lipinski definition) is 1. The van der Waals surface area contributed by atoms with Crippen molar-refractivity contribution in [1.29, 1.82) is 0 Å². The molecule has 1 atom stereocenters. The summed E-state index contributed by atoms with van der Waals surface area (Å²) in [6.07, 6.45) is 1.72. The van der Waals surface area contributed by atoms with Gasteiger partial charge in [0.15, 0.2) is 0 Å². The zero-order valence-corrected chi connectivity index (χ0v) is 29.4. The summed E-state index contributed by atoms with van der Waals surface area (Å²) in [5.41, 5.74) is 4.84. The Bertz CT molecular complexity index is 2180. The first kappa shape index (κ1) is 35.0. The number of hydrogen-bond acceptors (Lipinski definition) is 9. The minimum Gasteiger partial charge on any atom is -0.491 e. The SMILES string of the molecule is Cc1cc(-c2cc(Cl)ccc2OCCn2c(C)nc3c(c2=O)C[C@H](N2CCC(c4cnc(C(F)(F)F)nc4)CC2)CC3)c2scc(C(=O)O)c2n1. The molecule has 0 amide bonds. The van der Waals surface area contributed by atoms with Crippen LogP contribution in [0, 0.1) is 13.8 Å². The maximum absolute atomic E-state index is 13.9. The maximum atomic E-state index is 13.9. The predicted octanol–water partition coefficient (Wildman–Crippen LogP) is 7.11. The van der Waals surface area contributed by atoms with Crippen molar-refractivity contribution in [2.75, 3.05) is 19.7 Å². The second-order valence-corrected chi connectivity index (χ2v) is 14.3. The molecule has 1 N–H and O–H groups in total. The average molecular weight is 739 g/mol. The molecule has 0 saturated carbocycles. The smallest absolute Gasteiger partial charge is 0.451 e. The first-order chi connectivity index (χ1) is 24.4. The monoisotopic (exact) mass is 738 g/mol. The molecule has 51 heavy (non-hydrogen) atoms. The van der Waals surface area contributed by atoms with Crippen molar-refractivity contribution in [3.63, 3.8) is 0 Å². The van der Waals surface area contributed by atoms with Crippen LogP contribution in [0.25, 0.3) is 21.3 Å². The van der Waals surface area contributed by atoms with E-state index in [0.717, 1.165) is 49.2 Å². The molecule has 1 fully saturated rings. The number of fused-ring (bicyclic) bond motifs is 2. The summed E-state index contributed by atoms with van der Waals surface area (Å²) in [6.45, 7) is 5.61. The van der Waals surface area contributed by atoms with Crippen LogP contribution in [0.3, 0.4) is 0 Å². The number of pyridine rings is 1. The number of thiophene rings is 1. The predicted molar refractivity (Wildman–Crippen MR) is 187 cm³/mol. The van der Waals surface area contributed by atoms with E-state index in [0.29, 0.717) is 56.5 Å². The largest absolute Gasteiger partial charge is 0.491 e. The normalized spacial score (nSPS) is 17.1. The number of nitrogens with zero attached hydrogens (tertiary/aromatic N) is 6. The Hall–Kier alpha value is -4.40. The minimum atomic E-state index is -4.56. The second-order valence-electron chi connectivity index (χ2n) is 13.0. The van der Waals surface area contributed by atoms with Crippen molar-refractivity contribution in [2.24, 2.45) is 0 Å². The number of aromatic carboxylic acids is 1. The van der Waals surface area contributed by atoms with Gasteiger partial charge in [-0.1, -0.05) is 11.6 Å². The van der Waals surface area contributed by atoms with Crippen LogP contribution in [-0.2, 0) is 25.6 Å². The molecule has 1 aliphatic heterocycles. The third-order valence-corrected chi connectivity index (χ3v) is 11.1. The molecular weight excluding hydrogens is 705 g/mol. The summed E-state index contributed by atoms with van der Waals surface area (Å²) in [5.74, 6) is -0.931. The molecule has 2 aliphatic rings. The quantitative estimate of drug-likeness (QED) is 0.177. The summed E-state index contributed by atoms with van der Waals surface area (Å²) < 4.78 is 47.4. The number of ether oxygens (including phenoxy) is 1. The summed E-state index contributed by atoms with van der Waals surface area (Å²) in [4.78, 5) is 44.5. The van der Waals surface area contributed by atoms with Crippen LogP contribution in [-0.4, -0.2) is 66.2 Å². The van der Waals surface area contributed by atoms with Gasteiger partial charge in [-0.15, -0.1) is 11.3 Å². The van der Waals surface area contributed by atoms with Crippen LogP contribution in [0.5, 0.6) is 5.75 Å². The third kappa shape index (κ3) is 7.09. The van der Waals surface area contributed by atoms with E-state index in [1.807, 2.05) is 13.0 Å². The van der Waals surface area contributed by atoms with Gasteiger partial charge in [-0.25, -0.2) is 19.7 Å². The Kier molecular flexibility index (Phi) is 9.59. The summed E-state index contributed by atoms with van der Waals surface area (Å²) in [6, 6.07) is 7.32. The van der Waals surface area contributed by atoms with E-state index >= 15 is 0 Å². The van der Waals surface area contributed by atoms with E-state index in [1.165, 1.54) is 23.7 Å². The van der Waals surface area contributed by atoms with E-state index in [-0.39, 0.29) is 36.2 Å². The lowest BCUT2D eigenvalue weighted by Crippen LogP contribution is -2.46. The molecule has 10 nitrogen and oxygen atoms in total. The second kappa shape index (κ2) is 14.0. The van der Waals surface area contributed by atoms with Gasteiger partial charge in [0.05, 0.1) is 28.0 Å². The number of likely N-dealkylation sites (tertiary alicyclic amines) is 1. The standard InChI is InChI=1S/C36H34ClF3N6O4S/c1-19-13-26(32-31(43-19)28(18-51-32)34(48)49)25-14-23(37)3-6-30(25)50-12-11-46-20(2)44-29-5-4-24(15-27(29)33(46)47)45-9-7-21(8-10-45)22-16-41-35(42-17-22)36(38,39)40/h3,6,13-14,16-18,21,24H,4-5,7-12,15H2,1-2H3,(H,48,49)/t24-/m1/s1. The van der Waals surface area contributed by atoms with Crippen LogP contribution < -0.4 is 10.3 Å². The Morgan fingerprint density at radius 3 is 2.53 bits per heavy atom. The van der Waals surface area contributed by atoms with Gasteiger partial charge in [-0.2, -0.15) is 13.2 Å². The summed E-state index contributed by atoms with van der Waals surface area (Å²) in [7, 11) is 0. The Balaban J connectivity index is 1.04. The van der Waals surface area contributed by atoms with Gasteiger partial charge in [-0.05, 0) is 94.8 Å². The number of alkyl halides is 3. The highest BCUT2D eigenvalue weighted by Crippen LogP contribution is 2.40. The number of carboxylic acid groups (broad SMARTS) is 1. The van der Waals surface area contributed by atoms with Crippen LogP contribution in [0.2, 0.25) is 5.02 Å². The van der Waals surface area contributed by atoms with Crippen molar-refractivity contribution in [2.45, 2.75) is 70.6 Å². The fourth-order valence-corrected chi connectivity index (χ4v) is 8.43. The van der Waals surface area contributed by atoms with Crippen LogP contribution >= 0.6 is 22.9 Å². The van der Waals surface area contributed by atoms with E-state index in [2.05, 4.69) is 19.9 Å². The van der Waals surface area contributed by atoms with E-state index in [1.54, 1.807) is 35.1 Å². The fraction of sp³-hybridized carbons (Fsp3) is 0.389. The van der Waals surface area contributed by atoms with E-state index in [9.17, 15) is 27.9 Å². The molecule has 0 bridgehead atoms. The van der Waals surface area contributed by atoms with Crippen LogP contribution in [0.1, 0.15) is 69.7 Å². The molecule has 0 radical (unpaired) electrons. The van der Waals surface area contributed by atoms with Gasteiger partial charge >= 0.3 is 12.1 Å². The molecule has 7 rings (SSSR count). The fourth-order valence-electron chi connectivity index (χ4n) is 7.25. The lowest BCUT2D eigenvalue weighted by Gasteiger charge is -2.39. The highest BCUT2D eigenvalue weighted by atomic mass is 35.5. The molecule has 15 heteroatoms. The first-order valence-corrected chi connectivity index (χ1v) is 17.9.